The second kappa shape index (κ2) is 8.14. The Kier molecular flexibility index (Phi) is 5.91. The van der Waals surface area contributed by atoms with E-state index in [1.165, 1.54) is 6.21 Å². The fraction of sp³-hybridized carbons (Fsp3) is 0.0625. The zero-order valence-electron chi connectivity index (χ0n) is 11.6. The average molecular weight is 404 g/mol. The number of nitriles is 1. The Balaban J connectivity index is 1.78. The molecule has 0 unspecified atom stereocenters. The first-order valence-electron chi connectivity index (χ1n) is 6.49. The highest BCUT2D eigenvalue weighted by atomic mass is 127. The SMILES string of the molecule is N#Cc1ccc(/C=N\NC(=O)CNc2ccc(I)cc2)cc1. The number of carbonyl (C=O) groups excluding carboxylic acids is 1. The third-order valence-corrected chi connectivity index (χ3v) is 3.46. The van der Waals surface area contributed by atoms with E-state index in [1.807, 2.05) is 30.3 Å². The molecule has 0 fully saturated rings. The Morgan fingerprint density at radius 3 is 2.50 bits per heavy atom. The van der Waals surface area contributed by atoms with Gasteiger partial charge in [0.1, 0.15) is 0 Å². The summed E-state index contributed by atoms with van der Waals surface area (Å²) >= 11 is 2.22. The van der Waals surface area contributed by atoms with E-state index < -0.39 is 0 Å². The van der Waals surface area contributed by atoms with Crippen LogP contribution in [-0.2, 0) is 4.79 Å². The highest BCUT2D eigenvalue weighted by molar-refractivity contribution is 14.1. The van der Waals surface area contributed by atoms with Crippen molar-refractivity contribution in [2.24, 2.45) is 5.10 Å². The van der Waals surface area contributed by atoms with E-state index in [-0.39, 0.29) is 12.5 Å². The number of benzene rings is 2. The number of nitrogens with one attached hydrogen (secondary N) is 2. The van der Waals surface area contributed by atoms with E-state index in [4.69, 9.17) is 5.26 Å². The predicted octanol–water partition coefficient (Wildman–Crippen LogP) is 2.73. The number of rotatable bonds is 5. The van der Waals surface area contributed by atoms with Gasteiger partial charge in [0, 0.05) is 9.26 Å². The fourth-order valence-corrected chi connectivity index (χ4v) is 1.97. The van der Waals surface area contributed by atoms with Crippen LogP contribution in [0, 0.1) is 14.9 Å². The van der Waals surface area contributed by atoms with Gasteiger partial charge in [-0.2, -0.15) is 10.4 Å². The summed E-state index contributed by atoms with van der Waals surface area (Å²) in [4.78, 5) is 11.6. The minimum Gasteiger partial charge on any atom is -0.376 e. The standard InChI is InChI=1S/C16H13IN4O/c17-14-5-7-15(8-6-14)19-11-16(22)21-20-10-13-3-1-12(9-18)2-4-13/h1-8,10,19H,11H2,(H,21,22)/b20-10-. The molecule has 2 N–H and O–H groups in total. The van der Waals surface area contributed by atoms with Crippen LogP contribution < -0.4 is 10.7 Å². The second-order valence-electron chi connectivity index (χ2n) is 4.39. The molecule has 0 atom stereocenters. The molecular formula is C16H13IN4O. The number of hydrogen-bond donors (Lipinski definition) is 2. The molecule has 0 spiro atoms. The molecule has 2 aromatic rings. The lowest BCUT2D eigenvalue weighted by Crippen LogP contribution is -2.25. The lowest BCUT2D eigenvalue weighted by molar-refractivity contribution is -0.119. The van der Waals surface area contributed by atoms with Crippen LogP contribution in [0.5, 0.6) is 0 Å². The molecule has 5 nitrogen and oxygen atoms in total. The van der Waals surface area contributed by atoms with Gasteiger partial charge in [0.15, 0.2) is 0 Å². The lowest BCUT2D eigenvalue weighted by atomic mass is 10.2. The van der Waals surface area contributed by atoms with E-state index in [2.05, 4.69) is 38.4 Å². The monoisotopic (exact) mass is 404 g/mol. The summed E-state index contributed by atoms with van der Waals surface area (Å²) in [7, 11) is 0. The van der Waals surface area contributed by atoms with Gasteiger partial charge in [-0.1, -0.05) is 12.1 Å². The van der Waals surface area contributed by atoms with Crippen LogP contribution >= 0.6 is 22.6 Å². The molecule has 0 heterocycles. The summed E-state index contributed by atoms with van der Waals surface area (Å²) in [5.74, 6) is -0.233. The molecule has 22 heavy (non-hydrogen) atoms. The Bertz CT molecular complexity index is 702. The molecule has 0 radical (unpaired) electrons. The van der Waals surface area contributed by atoms with Crippen molar-refractivity contribution >= 4 is 40.4 Å². The number of hydrogen-bond acceptors (Lipinski definition) is 4. The van der Waals surface area contributed by atoms with Crippen molar-refractivity contribution < 1.29 is 4.79 Å². The molecule has 0 aromatic heterocycles. The van der Waals surface area contributed by atoms with Gasteiger partial charge in [-0.3, -0.25) is 4.79 Å². The van der Waals surface area contributed by atoms with E-state index in [0.29, 0.717) is 5.56 Å². The molecule has 0 aliphatic heterocycles. The fourth-order valence-electron chi connectivity index (χ4n) is 1.61. The van der Waals surface area contributed by atoms with Crippen molar-refractivity contribution in [2.45, 2.75) is 0 Å². The first-order chi connectivity index (χ1) is 10.7. The first kappa shape index (κ1) is 16.0. The maximum Gasteiger partial charge on any atom is 0.259 e. The van der Waals surface area contributed by atoms with E-state index in [9.17, 15) is 4.79 Å². The molecule has 0 saturated heterocycles. The second-order valence-corrected chi connectivity index (χ2v) is 5.63. The van der Waals surface area contributed by atoms with E-state index >= 15 is 0 Å². The van der Waals surface area contributed by atoms with Crippen LogP contribution in [0.25, 0.3) is 0 Å². The van der Waals surface area contributed by atoms with Gasteiger partial charge in [-0.15, -0.1) is 0 Å². The van der Waals surface area contributed by atoms with Crippen molar-refractivity contribution in [3.05, 3.63) is 63.2 Å². The minimum atomic E-state index is -0.233. The zero-order valence-corrected chi connectivity index (χ0v) is 13.7. The lowest BCUT2D eigenvalue weighted by Gasteiger charge is -2.05. The summed E-state index contributed by atoms with van der Waals surface area (Å²) in [5, 5.41) is 15.6. The molecular weight excluding hydrogens is 391 g/mol. The van der Waals surface area contributed by atoms with Gasteiger partial charge in [0.25, 0.3) is 5.91 Å². The predicted molar refractivity (Wildman–Crippen MR) is 94.5 cm³/mol. The molecule has 0 bridgehead atoms. The summed E-state index contributed by atoms with van der Waals surface area (Å²) in [6, 6.07) is 16.7. The van der Waals surface area contributed by atoms with Crippen molar-refractivity contribution in [3.63, 3.8) is 0 Å². The number of carbonyl (C=O) groups is 1. The van der Waals surface area contributed by atoms with Crippen molar-refractivity contribution in [3.8, 4) is 6.07 Å². The van der Waals surface area contributed by atoms with Gasteiger partial charge < -0.3 is 5.32 Å². The van der Waals surface area contributed by atoms with E-state index in [1.54, 1.807) is 24.3 Å². The van der Waals surface area contributed by atoms with Gasteiger partial charge in [0.05, 0.1) is 24.4 Å². The third-order valence-electron chi connectivity index (χ3n) is 2.74. The molecule has 0 aliphatic carbocycles. The molecule has 1 amide bonds. The quantitative estimate of drug-likeness (QED) is 0.457. The molecule has 110 valence electrons. The summed E-state index contributed by atoms with van der Waals surface area (Å²) in [5.41, 5.74) is 4.72. The maximum absolute atomic E-state index is 11.6. The van der Waals surface area contributed by atoms with Crippen LogP contribution in [0.2, 0.25) is 0 Å². The van der Waals surface area contributed by atoms with Gasteiger partial charge in [-0.25, -0.2) is 5.43 Å². The van der Waals surface area contributed by atoms with Gasteiger partial charge in [0.2, 0.25) is 0 Å². The largest absolute Gasteiger partial charge is 0.376 e. The van der Waals surface area contributed by atoms with Gasteiger partial charge >= 0.3 is 0 Å². The highest BCUT2D eigenvalue weighted by Crippen LogP contribution is 2.10. The summed E-state index contributed by atoms with van der Waals surface area (Å²) < 4.78 is 1.14. The number of hydrazone groups is 1. The third kappa shape index (κ3) is 5.18. The minimum absolute atomic E-state index is 0.144. The molecule has 0 aliphatic rings. The van der Waals surface area contributed by atoms with Crippen LogP contribution in [0.1, 0.15) is 11.1 Å². The van der Waals surface area contributed by atoms with Crippen LogP contribution in [-0.4, -0.2) is 18.7 Å². The Hall–Kier alpha value is -2.40. The number of amides is 1. The van der Waals surface area contributed by atoms with Crippen LogP contribution in [0.3, 0.4) is 0 Å². The van der Waals surface area contributed by atoms with Crippen molar-refractivity contribution in [1.29, 1.82) is 5.26 Å². The normalized spacial score (nSPS) is 10.2. The molecule has 0 saturated carbocycles. The highest BCUT2D eigenvalue weighted by Gasteiger charge is 1.99. The molecule has 6 heteroatoms. The Morgan fingerprint density at radius 1 is 1.18 bits per heavy atom. The van der Waals surface area contributed by atoms with Crippen LogP contribution in [0.4, 0.5) is 5.69 Å². The number of anilines is 1. The Morgan fingerprint density at radius 2 is 1.86 bits per heavy atom. The van der Waals surface area contributed by atoms with Crippen LogP contribution in [0.15, 0.2) is 53.6 Å². The summed E-state index contributed by atoms with van der Waals surface area (Å²) in [6.45, 7) is 0.144. The maximum atomic E-state index is 11.6. The van der Waals surface area contributed by atoms with Crippen molar-refractivity contribution in [2.75, 3.05) is 11.9 Å². The zero-order chi connectivity index (χ0) is 15.8. The number of nitrogens with zero attached hydrogens (tertiary/aromatic N) is 2. The topological polar surface area (TPSA) is 77.3 Å². The van der Waals surface area contributed by atoms with E-state index in [0.717, 1.165) is 14.8 Å². The average Bonchev–Trinajstić information content (AvgIpc) is 2.55. The van der Waals surface area contributed by atoms with Crippen molar-refractivity contribution in [1.82, 2.24) is 5.43 Å². The summed E-state index contributed by atoms with van der Waals surface area (Å²) in [6.07, 6.45) is 1.53. The first-order valence-corrected chi connectivity index (χ1v) is 7.57. The smallest absolute Gasteiger partial charge is 0.259 e. The molecule has 2 rings (SSSR count). The molecule has 2 aromatic carbocycles. The Labute approximate surface area is 142 Å². The van der Waals surface area contributed by atoms with Gasteiger partial charge in [-0.05, 0) is 64.6 Å². The number of halogens is 1.